The van der Waals surface area contributed by atoms with Crippen molar-refractivity contribution >= 4 is 11.3 Å². The molecule has 1 aromatic heterocycles. The van der Waals surface area contributed by atoms with Gasteiger partial charge in [-0.2, -0.15) is 0 Å². The van der Waals surface area contributed by atoms with Gasteiger partial charge in [-0.25, -0.2) is 8.78 Å². The van der Waals surface area contributed by atoms with Gasteiger partial charge < -0.3 is 0 Å². The predicted octanol–water partition coefficient (Wildman–Crippen LogP) is 7.90. The standard InChI is InChI=1S/C24H22F2S/c25-23-19(17-7-5-16(6-8-17)15-3-1-2-4-15)11-12-20(24(23)26)22-14-13-21(27-22)18-9-10-18/h5-8,11-15,18H,1-4,9-10H2. The van der Waals surface area contributed by atoms with Crippen molar-refractivity contribution in [3.05, 3.63) is 70.6 Å². The largest absolute Gasteiger partial charge is 0.203 e. The SMILES string of the molecule is Fc1c(-c2ccc(C3CCCC3)cc2)ccc(-c2ccc(C3CC3)s2)c1F. The summed E-state index contributed by atoms with van der Waals surface area (Å²) in [5.74, 6) is -0.226. The number of halogens is 2. The van der Waals surface area contributed by atoms with Crippen molar-refractivity contribution in [2.24, 2.45) is 0 Å². The molecule has 0 N–H and O–H groups in total. The molecule has 0 spiro atoms. The maximum absolute atomic E-state index is 14.8. The lowest BCUT2D eigenvalue weighted by Crippen LogP contribution is -1.95. The van der Waals surface area contributed by atoms with Gasteiger partial charge in [-0.05, 0) is 66.8 Å². The van der Waals surface area contributed by atoms with E-state index < -0.39 is 11.6 Å². The first-order valence-corrected chi connectivity index (χ1v) is 10.7. The highest BCUT2D eigenvalue weighted by atomic mass is 32.1. The highest BCUT2D eigenvalue weighted by Gasteiger charge is 2.26. The average molecular weight is 381 g/mol. The summed E-state index contributed by atoms with van der Waals surface area (Å²) in [5.41, 5.74) is 2.77. The Morgan fingerprint density at radius 2 is 1.33 bits per heavy atom. The molecular weight excluding hydrogens is 358 g/mol. The van der Waals surface area contributed by atoms with E-state index in [9.17, 15) is 8.78 Å². The molecule has 0 atom stereocenters. The molecule has 0 amide bonds. The Labute approximate surface area is 162 Å². The Hall–Kier alpha value is -2.00. The summed E-state index contributed by atoms with van der Waals surface area (Å²) in [6.07, 6.45) is 7.48. The Balaban J connectivity index is 1.45. The molecule has 0 radical (unpaired) electrons. The summed E-state index contributed by atoms with van der Waals surface area (Å²) in [7, 11) is 0. The van der Waals surface area contributed by atoms with Gasteiger partial charge in [-0.3, -0.25) is 0 Å². The second kappa shape index (κ2) is 6.87. The third kappa shape index (κ3) is 3.23. The van der Waals surface area contributed by atoms with E-state index in [0.717, 1.165) is 10.4 Å². The van der Waals surface area contributed by atoms with Crippen molar-refractivity contribution < 1.29 is 8.78 Å². The molecule has 3 heteroatoms. The van der Waals surface area contributed by atoms with E-state index in [0.29, 0.717) is 23.0 Å². The predicted molar refractivity (Wildman–Crippen MR) is 108 cm³/mol. The fourth-order valence-corrected chi connectivity index (χ4v) is 5.44. The van der Waals surface area contributed by atoms with Crippen LogP contribution in [-0.2, 0) is 0 Å². The molecule has 138 valence electrons. The molecule has 0 saturated heterocycles. The van der Waals surface area contributed by atoms with Crippen molar-refractivity contribution in [3.63, 3.8) is 0 Å². The van der Waals surface area contributed by atoms with Gasteiger partial charge in [0.25, 0.3) is 0 Å². The van der Waals surface area contributed by atoms with Gasteiger partial charge in [-0.15, -0.1) is 11.3 Å². The zero-order valence-corrected chi connectivity index (χ0v) is 16.0. The first kappa shape index (κ1) is 17.1. The fraction of sp³-hybridized carbons (Fsp3) is 0.333. The molecule has 1 heterocycles. The lowest BCUT2D eigenvalue weighted by atomic mass is 9.94. The van der Waals surface area contributed by atoms with Gasteiger partial charge in [0.15, 0.2) is 11.6 Å². The van der Waals surface area contributed by atoms with Crippen LogP contribution in [0.2, 0.25) is 0 Å². The van der Waals surface area contributed by atoms with Gasteiger partial charge in [0.05, 0.1) is 0 Å². The third-order valence-corrected chi connectivity index (χ3v) is 7.28. The lowest BCUT2D eigenvalue weighted by Gasteiger charge is -2.12. The van der Waals surface area contributed by atoms with E-state index in [-0.39, 0.29) is 0 Å². The van der Waals surface area contributed by atoms with Crippen LogP contribution in [0.3, 0.4) is 0 Å². The summed E-state index contributed by atoms with van der Waals surface area (Å²) < 4.78 is 29.7. The number of rotatable bonds is 4. The van der Waals surface area contributed by atoms with Crippen molar-refractivity contribution in [2.75, 3.05) is 0 Å². The van der Waals surface area contributed by atoms with Crippen LogP contribution in [0.15, 0.2) is 48.5 Å². The molecule has 0 aliphatic heterocycles. The highest BCUT2D eigenvalue weighted by Crippen LogP contribution is 2.45. The first-order chi connectivity index (χ1) is 13.2. The number of thiophene rings is 1. The second-order valence-electron chi connectivity index (χ2n) is 7.87. The molecule has 27 heavy (non-hydrogen) atoms. The molecule has 2 fully saturated rings. The molecule has 0 unspecified atom stereocenters. The monoisotopic (exact) mass is 380 g/mol. The first-order valence-electron chi connectivity index (χ1n) is 9.89. The van der Waals surface area contributed by atoms with Gasteiger partial charge in [0.2, 0.25) is 0 Å². The highest BCUT2D eigenvalue weighted by molar-refractivity contribution is 7.15. The van der Waals surface area contributed by atoms with E-state index in [2.05, 4.69) is 18.2 Å². The van der Waals surface area contributed by atoms with E-state index in [1.54, 1.807) is 23.5 Å². The zero-order chi connectivity index (χ0) is 18.4. The van der Waals surface area contributed by atoms with Crippen LogP contribution in [0.5, 0.6) is 0 Å². The van der Waals surface area contributed by atoms with E-state index >= 15 is 0 Å². The minimum atomic E-state index is -0.748. The van der Waals surface area contributed by atoms with Gasteiger partial charge in [-0.1, -0.05) is 43.2 Å². The quantitative estimate of drug-likeness (QED) is 0.431. The Kier molecular flexibility index (Phi) is 4.35. The molecule has 3 aromatic rings. The number of hydrogen-bond donors (Lipinski definition) is 0. The van der Waals surface area contributed by atoms with Gasteiger partial charge in [0.1, 0.15) is 0 Å². The van der Waals surface area contributed by atoms with E-state index in [1.165, 1.54) is 49.0 Å². The summed E-state index contributed by atoms with van der Waals surface area (Å²) in [4.78, 5) is 2.10. The van der Waals surface area contributed by atoms with Crippen molar-refractivity contribution in [1.82, 2.24) is 0 Å². The van der Waals surface area contributed by atoms with Crippen LogP contribution in [0.25, 0.3) is 21.6 Å². The minimum Gasteiger partial charge on any atom is -0.203 e. The third-order valence-electron chi connectivity index (χ3n) is 6.00. The molecule has 0 bridgehead atoms. The summed E-state index contributed by atoms with van der Waals surface area (Å²) in [6, 6.07) is 15.4. The van der Waals surface area contributed by atoms with Crippen LogP contribution in [0.1, 0.15) is 60.8 Å². The molecule has 0 nitrogen and oxygen atoms in total. The van der Waals surface area contributed by atoms with Crippen LogP contribution >= 0.6 is 11.3 Å². The normalized spacial score (nSPS) is 17.6. The average Bonchev–Trinajstić information content (AvgIpc) is 3.19. The number of benzene rings is 2. The maximum Gasteiger partial charge on any atom is 0.168 e. The molecule has 2 aromatic carbocycles. The van der Waals surface area contributed by atoms with Crippen molar-refractivity contribution in [1.29, 1.82) is 0 Å². The summed E-state index contributed by atoms with van der Waals surface area (Å²) in [5, 5.41) is 0. The minimum absolute atomic E-state index is 0.341. The van der Waals surface area contributed by atoms with Gasteiger partial charge in [0, 0.05) is 20.9 Å². The van der Waals surface area contributed by atoms with E-state index in [4.69, 9.17) is 0 Å². The second-order valence-corrected chi connectivity index (χ2v) is 8.98. The van der Waals surface area contributed by atoms with Crippen molar-refractivity contribution in [3.8, 4) is 21.6 Å². The Morgan fingerprint density at radius 3 is 2.04 bits per heavy atom. The Morgan fingerprint density at radius 1 is 0.667 bits per heavy atom. The molecule has 2 saturated carbocycles. The zero-order valence-electron chi connectivity index (χ0n) is 15.2. The van der Waals surface area contributed by atoms with E-state index in [1.807, 2.05) is 18.2 Å². The topological polar surface area (TPSA) is 0 Å². The number of hydrogen-bond acceptors (Lipinski definition) is 1. The van der Waals surface area contributed by atoms with Crippen LogP contribution in [0, 0.1) is 11.6 Å². The van der Waals surface area contributed by atoms with Crippen molar-refractivity contribution in [2.45, 2.75) is 50.4 Å². The maximum atomic E-state index is 14.8. The molecule has 2 aliphatic rings. The molecule has 5 rings (SSSR count). The summed E-state index contributed by atoms with van der Waals surface area (Å²) >= 11 is 1.59. The van der Waals surface area contributed by atoms with Gasteiger partial charge >= 0.3 is 0 Å². The lowest BCUT2D eigenvalue weighted by molar-refractivity contribution is 0.514. The molecule has 2 aliphatic carbocycles. The van der Waals surface area contributed by atoms with Crippen LogP contribution < -0.4 is 0 Å². The smallest absolute Gasteiger partial charge is 0.168 e. The van der Waals surface area contributed by atoms with Crippen LogP contribution in [0.4, 0.5) is 8.78 Å². The summed E-state index contributed by atoms with van der Waals surface area (Å²) in [6.45, 7) is 0. The molecular formula is C24H22F2S. The Bertz CT molecular complexity index is 961. The van der Waals surface area contributed by atoms with Crippen LogP contribution in [-0.4, -0.2) is 0 Å². The fourth-order valence-electron chi connectivity index (χ4n) is 4.24.